The Morgan fingerprint density at radius 1 is 0.974 bits per heavy atom. The number of fused-ring (bicyclic) bond motifs is 10. The van der Waals surface area contributed by atoms with E-state index in [0.29, 0.717) is 39.8 Å². The maximum Gasteiger partial charge on any atom is 0.333 e. The number of carboxylic acid groups (broad SMARTS) is 1. The minimum absolute atomic E-state index is 0.0188. The Hall–Kier alpha value is -7.15. The number of nitrogens with two attached hydrogens (primary N) is 2. The SMILES string of the molecule is NC(N)[C@H]1OC(=O)[C@H](C(=O)O)C#C[C@@H](CC=O)[C@@H]2CC[C@@]3(Cc4c(cc5c(c4Cn4cc6cc[nH]c6c4CO)[C@@H]4Oc6c7ccc(OCO)c6OC[C@@H](O)C#C[C@H](c6ccccc6)[C@H](O5)[C@@H]74)O[C@@H]4O[C@H]1[C@@H](O)[C@H](O)[C@@]43O)C2. The molecule has 9 bridgehead atoms. The summed E-state index contributed by atoms with van der Waals surface area (Å²) in [5, 5.41) is 81.9. The Labute approximate surface area is 439 Å². The third-order valence-electron chi connectivity index (χ3n) is 16.9. The van der Waals surface area contributed by atoms with Crippen LogP contribution in [0.4, 0.5) is 0 Å². The second kappa shape index (κ2) is 19.4. The standard InChI is InChI=1S/C56H56N4O17/c57-51(58)49-48-43(65)50(66)56(70)54(77-48)74-38-18-39-40(47-41-32-10-11-37(72-25-63)46(45(32)75-47)71-24-30(64)7-9-31(44(41)73-39)27-4-2-1-3-5-27)35(22-60-21-29-13-16-59-42(29)36(60)23-62)34(38)20-55(56)15-12-28(19-55)26(14-17-61)6-8-33(52(67)68)53(69)76-49/h1-5,10-11,13,16-18,21,26,28,30-31,33,41,43-44,47-51,54,59,62-66,70H,12,14-15,19-20,22-25,57-58H2,(H,67,68)/t26-,28+,30-,31+,33-,41+,43+,44-,47-,48-,49-,50-,54+,55-,56+/m0/s1. The van der Waals surface area contributed by atoms with Crippen LogP contribution in [-0.4, -0.2) is 132 Å². The summed E-state index contributed by atoms with van der Waals surface area (Å²) in [4.78, 5) is 42.0. The molecule has 13 rings (SSSR count). The molecule has 77 heavy (non-hydrogen) atoms. The third-order valence-corrected chi connectivity index (χ3v) is 16.9. The zero-order chi connectivity index (χ0) is 53.7. The van der Waals surface area contributed by atoms with Crippen molar-refractivity contribution in [3.8, 4) is 52.4 Å². The summed E-state index contributed by atoms with van der Waals surface area (Å²) in [6.07, 6.45) is -10.0. The zero-order valence-electron chi connectivity index (χ0n) is 41.2. The van der Waals surface area contributed by atoms with E-state index in [2.05, 4.69) is 28.7 Å². The first-order chi connectivity index (χ1) is 37.2. The number of aldehydes is 1. The van der Waals surface area contributed by atoms with Gasteiger partial charge in [0.25, 0.3) is 0 Å². The number of aromatic amines is 1. The molecule has 402 valence electrons. The van der Waals surface area contributed by atoms with Crippen LogP contribution in [0.5, 0.6) is 28.7 Å². The first-order valence-corrected chi connectivity index (χ1v) is 25.5. The quantitative estimate of drug-likeness (QED) is 0.0310. The number of esters is 1. The van der Waals surface area contributed by atoms with Crippen molar-refractivity contribution in [2.45, 2.75) is 118 Å². The molecule has 1 saturated heterocycles. The number of hydrogen-bond donors (Lipinski definition) is 10. The number of carbonyl (C=O) groups is 3. The fraction of sp³-hybridized carbons (Fsp3) is 0.446. The maximum atomic E-state index is 13.7. The average molecular weight is 1060 g/mol. The van der Waals surface area contributed by atoms with Crippen LogP contribution in [0.3, 0.4) is 0 Å². The number of aliphatic hydroxyl groups excluding tert-OH is 5. The Balaban J connectivity index is 1.12. The fourth-order valence-corrected chi connectivity index (χ4v) is 13.3. The van der Waals surface area contributed by atoms with Gasteiger partial charge in [-0.3, -0.25) is 9.59 Å². The van der Waals surface area contributed by atoms with Crippen LogP contribution in [0.25, 0.3) is 10.9 Å². The van der Waals surface area contributed by atoms with E-state index >= 15 is 0 Å². The van der Waals surface area contributed by atoms with Crippen molar-refractivity contribution in [3.05, 3.63) is 101 Å². The molecule has 21 nitrogen and oxygen atoms in total. The Bertz CT molecular complexity index is 3300. The molecule has 2 aromatic heterocycles. The molecule has 0 radical (unpaired) electrons. The van der Waals surface area contributed by atoms with Crippen LogP contribution < -0.4 is 35.2 Å². The second-order valence-corrected chi connectivity index (χ2v) is 21.0. The first kappa shape index (κ1) is 50.7. The van der Waals surface area contributed by atoms with Gasteiger partial charge in [-0.05, 0) is 54.9 Å². The van der Waals surface area contributed by atoms with Crippen molar-refractivity contribution < 1.29 is 83.3 Å². The summed E-state index contributed by atoms with van der Waals surface area (Å²) in [7, 11) is 0. The van der Waals surface area contributed by atoms with Crippen LogP contribution in [-0.2, 0) is 43.4 Å². The van der Waals surface area contributed by atoms with E-state index in [0.717, 1.165) is 10.9 Å². The summed E-state index contributed by atoms with van der Waals surface area (Å²) >= 11 is 0. The molecule has 0 unspecified atom stereocenters. The van der Waals surface area contributed by atoms with Crippen molar-refractivity contribution in [1.82, 2.24) is 9.55 Å². The van der Waals surface area contributed by atoms with Crippen molar-refractivity contribution in [2.24, 2.45) is 34.6 Å². The molecule has 3 aromatic carbocycles. The molecule has 7 aliphatic heterocycles. The van der Waals surface area contributed by atoms with Gasteiger partial charge in [0, 0.05) is 64.8 Å². The smallest absolute Gasteiger partial charge is 0.333 e. The Kier molecular flexibility index (Phi) is 12.8. The lowest BCUT2D eigenvalue weighted by Crippen LogP contribution is -2.75. The molecular formula is C56H56N4O17. The van der Waals surface area contributed by atoms with E-state index in [1.807, 2.05) is 53.2 Å². The molecule has 0 amide bonds. The van der Waals surface area contributed by atoms with Gasteiger partial charge in [-0.1, -0.05) is 60.1 Å². The molecule has 5 aromatic rings. The van der Waals surface area contributed by atoms with E-state index in [-0.39, 0.29) is 80.6 Å². The summed E-state index contributed by atoms with van der Waals surface area (Å²) in [5.41, 5.74) is 12.6. The van der Waals surface area contributed by atoms with Gasteiger partial charge in [-0.2, -0.15) is 0 Å². The zero-order valence-corrected chi connectivity index (χ0v) is 41.2. The molecule has 9 heterocycles. The van der Waals surface area contributed by atoms with E-state index in [4.69, 9.17) is 44.6 Å². The van der Waals surface area contributed by atoms with E-state index in [9.17, 15) is 50.1 Å². The van der Waals surface area contributed by atoms with Gasteiger partial charge >= 0.3 is 11.9 Å². The van der Waals surface area contributed by atoms with Crippen LogP contribution in [0.2, 0.25) is 0 Å². The molecule has 1 saturated carbocycles. The molecule has 15 atom stereocenters. The number of rotatable bonds is 10. The van der Waals surface area contributed by atoms with E-state index in [1.165, 1.54) is 0 Å². The van der Waals surface area contributed by atoms with E-state index in [1.54, 1.807) is 18.3 Å². The molecule has 8 aliphatic rings. The summed E-state index contributed by atoms with van der Waals surface area (Å²) in [6.45, 7) is -1.35. The van der Waals surface area contributed by atoms with Crippen molar-refractivity contribution in [1.29, 1.82) is 0 Å². The lowest BCUT2D eigenvalue weighted by atomic mass is 9.61. The largest absolute Gasteiger partial charge is 0.487 e. The number of ether oxygens (including phenoxy) is 7. The Morgan fingerprint density at radius 3 is 2.55 bits per heavy atom. The number of carboxylic acids is 1. The number of carbonyl (C=O) groups excluding carboxylic acids is 2. The fourth-order valence-electron chi connectivity index (χ4n) is 13.3. The van der Waals surface area contributed by atoms with Gasteiger partial charge in [0.05, 0.1) is 35.8 Å². The minimum atomic E-state index is -2.50. The number of aromatic nitrogens is 2. The van der Waals surface area contributed by atoms with Gasteiger partial charge in [-0.15, -0.1) is 0 Å². The minimum Gasteiger partial charge on any atom is -0.487 e. The second-order valence-electron chi connectivity index (χ2n) is 21.0. The van der Waals surface area contributed by atoms with Crippen LogP contribution >= 0.6 is 0 Å². The van der Waals surface area contributed by atoms with Gasteiger partial charge in [0.1, 0.15) is 61.0 Å². The summed E-state index contributed by atoms with van der Waals surface area (Å²) < 4.78 is 47.6. The molecule has 1 aliphatic carbocycles. The van der Waals surface area contributed by atoms with Crippen LogP contribution in [0, 0.1) is 46.9 Å². The number of aliphatic carboxylic acids is 1. The molecule has 1 spiro atoms. The number of hydrogen-bond acceptors (Lipinski definition) is 18. The number of H-pyrrole nitrogens is 1. The number of nitrogens with zero attached hydrogens (tertiary/aromatic N) is 1. The summed E-state index contributed by atoms with van der Waals surface area (Å²) in [6, 6.07) is 16.4. The maximum absolute atomic E-state index is 13.7. The highest BCUT2D eigenvalue weighted by molar-refractivity contribution is 5.97. The number of benzene rings is 3. The van der Waals surface area contributed by atoms with Gasteiger partial charge < -0.3 is 94.7 Å². The van der Waals surface area contributed by atoms with Crippen molar-refractivity contribution in [3.63, 3.8) is 0 Å². The topological polar surface area (TPSA) is 330 Å². The van der Waals surface area contributed by atoms with Gasteiger partial charge in [0.2, 0.25) is 18.0 Å². The predicted octanol–water partition coefficient (Wildman–Crippen LogP) is 1.33. The van der Waals surface area contributed by atoms with Crippen molar-refractivity contribution in [2.75, 3.05) is 13.4 Å². The highest BCUT2D eigenvalue weighted by Gasteiger charge is 2.70. The summed E-state index contributed by atoms with van der Waals surface area (Å²) in [5.74, 6) is 4.61. The normalized spacial score (nSPS) is 33.4. The number of aliphatic hydroxyl groups is 6. The van der Waals surface area contributed by atoms with E-state index < -0.39 is 115 Å². The Morgan fingerprint density at radius 2 is 1.79 bits per heavy atom. The highest BCUT2D eigenvalue weighted by atomic mass is 16.7. The van der Waals surface area contributed by atoms with Crippen LogP contribution in [0.1, 0.15) is 77.1 Å². The predicted molar refractivity (Wildman–Crippen MR) is 266 cm³/mol. The molecule has 2 fully saturated rings. The third kappa shape index (κ3) is 8.02. The lowest BCUT2D eigenvalue weighted by molar-refractivity contribution is -0.356. The van der Waals surface area contributed by atoms with Gasteiger partial charge in [0.15, 0.2) is 30.0 Å². The lowest BCUT2D eigenvalue weighted by Gasteiger charge is -2.55. The van der Waals surface area contributed by atoms with Gasteiger partial charge in [-0.25, -0.2) is 0 Å². The number of nitrogens with one attached hydrogen (secondary N) is 1. The first-order valence-electron chi connectivity index (χ1n) is 25.5. The molecular weight excluding hydrogens is 1000 g/mol. The molecule has 21 heteroatoms. The highest BCUT2D eigenvalue weighted by Crippen LogP contribution is 2.65. The monoisotopic (exact) mass is 1060 g/mol. The average Bonchev–Trinajstić information content (AvgIpc) is 4.23. The van der Waals surface area contributed by atoms with Crippen molar-refractivity contribution >= 4 is 29.1 Å². The van der Waals surface area contributed by atoms with Crippen LogP contribution in [0.15, 0.2) is 67.0 Å². The molecule has 12 N–H and O–H groups in total.